The molecular weight excluding hydrogens is 321 g/mol. The van der Waals surface area contributed by atoms with Crippen molar-refractivity contribution in [3.8, 4) is 0 Å². The number of aromatic amines is 1. The molecule has 0 spiro atoms. The number of carbonyl (C=O) groups is 1. The minimum Gasteiger partial charge on any atom is -0.352 e. The molecule has 4 nitrogen and oxygen atoms in total. The SMILES string of the molecule is Cc1cc(C)c(CNC(=O)C[C@@H]2CCC[C@H](C(F)(F)F)C2)c(=O)[nH]1. The van der Waals surface area contributed by atoms with E-state index in [0.717, 1.165) is 11.3 Å². The van der Waals surface area contributed by atoms with Gasteiger partial charge in [-0.1, -0.05) is 6.42 Å². The van der Waals surface area contributed by atoms with Gasteiger partial charge in [-0.3, -0.25) is 9.59 Å². The van der Waals surface area contributed by atoms with Crippen LogP contribution in [0.5, 0.6) is 0 Å². The number of pyridine rings is 1. The number of H-pyrrole nitrogens is 1. The summed E-state index contributed by atoms with van der Waals surface area (Å²) in [6.45, 7) is 3.66. The van der Waals surface area contributed by atoms with Gasteiger partial charge in [-0.2, -0.15) is 13.2 Å². The summed E-state index contributed by atoms with van der Waals surface area (Å²) in [5.74, 6) is -1.85. The molecule has 1 amide bonds. The summed E-state index contributed by atoms with van der Waals surface area (Å²) in [6, 6.07) is 1.82. The minimum absolute atomic E-state index is 0.0149. The first kappa shape index (κ1) is 18.5. The Morgan fingerprint density at radius 1 is 1.33 bits per heavy atom. The molecule has 1 aromatic heterocycles. The summed E-state index contributed by atoms with van der Waals surface area (Å²) in [7, 11) is 0. The molecule has 1 aliphatic carbocycles. The van der Waals surface area contributed by atoms with Gasteiger partial charge in [0.2, 0.25) is 5.91 Å². The molecule has 24 heavy (non-hydrogen) atoms. The predicted octanol–water partition coefficient (Wildman–Crippen LogP) is 3.37. The van der Waals surface area contributed by atoms with Crippen LogP contribution in [-0.2, 0) is 11.3 Å². The maximum absolute atomic E-state index is 12.8. The van der Waals surface area contributed by atoms with Crippen molar-refractivity contribution in [1.29, 1.82) is 0 Å². The highest BCUT2D eigenvalue weighted by molar-refractivity contribution is 5.76. The van der Waals surface area contributed by atoms with Crippen molar-refractivity contribution in [3.05, 3.63) is 33.2 Å². The molecule has 0 radical (unpaired) electrons. The Kier molecular flexibility index (Phi) is 5.72. The van der Waals surface area contributed by atoms with Crippen LogP contribution in [0.2, 0.25) is 0 Å². The van der Waals surface area contributed by atoms with Gasteiger partial charge in [0.25, 0.3) is 5.56 Å². The van der Waals surface area contributed by atoms with Crippen LogP contribution in [0, 0.1) is 25.7 Å². The van der Waals surface area contributed by atoms with Crippen LogP contribution < -0.4 is 10.9 Å². The Hall–Kier alpha value is -1.79. The Morgan fingerprint density at radius 2 is 2.04 bits per heavy atom. The maximum atomic E-state index is 12.8. The van der Waals surface area contributed by atoms with Crippen LogP contribution in [0.25, 0.3) is 0 Å². The summed E-state index contributed by atoms with van der Waals surface area (Å²) in [5, 5.41) is 2.66. The van der Waals surface area contributed by atoms with E-state index in [2.05, 4.69) is 10.3 Å². The number of aromatic nitrogens is 1. The first-order valence-electron chi connectivity index (χ1n) is 8.19. The summed E-state index contributed by atoms with van der Waals surface area (Å²) in [6.07, 6.45) is -2.79. The third kappa shape index (κ3) is 4.85. The molecule has 0 bridgehead atoms. The number of hydrogen-bond donors (Lipinski definition) is 2. The molecule has 1 saturated carbocycles. The van der Waals surface area contributed by atoms with E-state index < -0.39 is 12.1 Å². The summed E-state index contributed by atoms with van der Waals surface area (Å²) in [4.78, 5) is 26.6. The lowest BCUT2D eigenvalue weighted by molar-refractivity contribution is -0.186. The second kappa shape index (κ2) is 7.40. The van der Waals surface area contributed by atoms with Gasteiger partial charge >= 0.3 is 6.18 Å². The largest absolute Gasteiger partial charge is 0.391 e. The normalized spacial score (nSPS) is 21.5. The molecule has 1 aromatic rings. The van der Waals surface area contributed by atoms with E-state index in [0.29, 0.717) is 18.4 Å². The first-order chi connectivity index (χ1) is 11.2. The highest BCUT2D eigenvalue weighted by Gasteiger charge is 2.42. The van der Waals surface area contributed by atoms with Crippen LogP contribution in [0.15, 0.2) is 10.9 Å². The fraction of sp³-hybridized carbons (Fsp3) is 0.647. The zero-order chi connectivity index (χ0) is 17.9. The van der Waals surface area contributed by atoms with Gasteiger partial charge in [0.1, 0.15) is 0 Å². The third-order valence-corrected chi connectivity index (χ3v) is 4.68. The van der Waals surface area contributed by atoms with Crippen LogP contribution in [0.1, 0.15) is 48.9 Å². The monoisotopic (exact) mass is 344 g/mol. The average Bonchev–Trinajstić information content (AvgIpc) is 2.45. The first-order valence-corrected chi connectivity index (χ1v) is 8.19. The second-order valence-corrected chi connectivity index (χ2v) is 6.70. The molecule has 7 heteroatoms. The molecule has 1 aliphatic rings. The number of nitrogens with one attached hydrogen (secondary N) is 2. The fourth-order valence-electron chi connectivity index (χ4n) is 3.40. The Morgan fingerprint density at radius 3 is 2.67 bits per heavy atom. The number of rotatable bonds is 4. The molecule has 0 aliphatic heterocycles. The molecule has 0 aromatic carbocycles. The second-order valence-electron chi connectivity index (χ2n) is 6.70. The third-order valence-electron chi connectivity index (χ3n) is 4.68. The molecular formula is C17H23F3N2O2. The van der Waals surface area contributed by atoms with Crippen LogP contribution >= 0.6 is 0 Å². The lowest BCUT2D eigenvalue weighted by atomic mass is 9.79. The van der Waals surface area contributed by atoms with Crippen molar-refractivity contribution in [1.82, 2.24) is 10.3 Å². The standard InChI is InChI=1S/C17H23F3N2O2/c1-10-6-11(2)22-16(24)14(10)9-21-15(23)8-12-4-3-5-13(7-12)17(18,19)20/h6,12-13H,3-5,7-9H2,1-2H3,(H,21,23)(H,22,24)/t12-,13+/m1/s1. The summed E-state index contributed by atoms with van der Waals surface area (Å²) < 4.78 is 38.4. The van der Waals surface area contributed by atoms with E-state index in [-0.39, 0.29) is 43.2 Å². The van der Waals surface area contributed by atoms with E-state index in [9.17, 15) is 22.8 Å². The van der Waals surface area contributed by atoms with Gasteiger partial charge in [0.05, 0.1) is 5.92 Å². The quantitative estimate of drug-likeness (QED) is 0.880. The van der Waals surface area contributed by atoms with Gasteiger partial charge in [-0.25, -0.2) is 0 Å². The average molecular weight is 344 g/mol. The van der Waals surface area contributed by atoms with Crippen molar-refractivity contribution in [2.75, 3.05) is 0 Å². The Balaban J connectivity index is 1.89. The Bertz CT molecular complexity index is 652. The van der Waals surface area contributed by atoms with E-state index in [1.54, 1.807) is 13.8 Å². The zero-order valence-electron chi connectivity index (χ0n) is 13.9. The summed E-state index contributed by atoms with van der Waals surface area (Å²) >= 11 is 0. The number of hydrogen-bond acceptors (Lipinski definition) is 2. The van der Waals surface area contributed by atoms with Crippen molar-refractivity contribution in [2.24, 2.45) is 11.8 Å². The summed E-state index contributed by atoms with van der Waals surface area (Å²) in [5.41, 5.74) is 1.76. The topological polar surface area (TPSA) is 62.0 Å². The Labute approximate surface area is 138 Å². The molecule has 0 saturated heterocycles. The van der Waals surface area contributed by atoms with E-state index >= 15 is 0 Å². The number of halogens is 3. The van der Waals surface area contributed by atoms with Crippen LogP contribution in [-0.4, -0.2) is 17.1 Å². The minimum atomic E-state index is -4.18. The van der Waals surface area contributed by atoms with E-state index in [1.807, 2.05) is 6.07 Å². The molecule has 2 N–H and O–H groups in total. The molecule has 1 fully saturated rings. The van der Waals surface area contributed by atoms with Crippen molar-refractivity contribution < 1.29 is 18.0 Å². The van der Waals surface area contributed by atoms with Gasteiger partial charge in [-0.05, 0) is 50.7 Å². The smallest absolute Gasteiger partial charge is 0.352 e. The molecule has 1 heterocycles. The predicted molar refractivity (Wildman–Crippen MR) is 84.5 cm³/mol. The van der Waals surface area contributed by atoms with Crippen LogP contribution in [0.3, 0.4) is 0 Å². The zero-order valence-corrected chi connectivity index (χ0v) is 13.9. The van der Waals surface area contributed by atoms with Gasteiger partial charge in [-0.15, -0.1) is 0 Å². The van der Waals surface area contributed by atoms with Crippen molar-refractivity contribution >= 4 is 5.91 Å². The number of carbonyl (C=O) groups excluding carboxylic acids is 1. The van der Waals surface area contributed by atoms with Crippen molar-refractivity contribution in [3.63, 3.8) is 0 Å². The van der Waals surface area contributed by atoms with Gasteiger partial charge in [0, 0.05) is 24.2 Å². The molecule has 134 valence electrons. The maximum Gasteiger partial charge on any atom is 0.391 e. The number of alkyl halides is 3. The lowest BCUT2D eigenvalue weighted by Crippen LogP contribution is -2.33. The van der Waals surface area contributed by atoms with E-state index in [1.165, 1.54) is 0 Å². The van der Waals surface area contributed by atoms with Gasteiger partial charge < -0.3 is 10.3 Å². The van der Waals surface area contributed by atoms with Crippen LogP contribution in [0.4, 0.5) is 13.2 Å². The van der Waals surface area contributed by atoms with Gasteiger partial charge in [0.15, 0.2) is 0 Å². The highest BCUT2D eigenvalue weighted by atomic mass is 19.4. The van der Waals surface area contributed by atoms with E-state index in [4.69, 9.17) is 0 Å². The molecule has 2 rings (SSSR count). The highest BCUT2D eigenvalue weighted by Crippen LogP contribution is 2.40. The number of amides is 1. The lowest BCUT2D eigenvalue weighted by Gasteiger charge is -2.30. The number of aryl methyl sites for hydroxylation is 2. The van der Waals surface area contributed by atoms with Crippen molar-refractivity contribution in [2.45, 2.75) is 58.7 Å². The fourth-order valence-corrected chi connectivity index (χ4v) is 3.40. The molecule has 2 atom stereocenters. The molecule has 0 unspecified atom stereocenters.